The summed E-state index contributed by atoms with van der Waals surface area (Å²) in [6, 6.07) is 4.49. The lowest BCUT2D eigenvalue weighted by atomic mass is 9.81. The smallest absolute Gasteiger partial charge is 0.416 e. The van der Waals surface area contributed by atoms with Crippen LogP contribution in [0.1, 0.15) is 56.7 Å². The summed E-state index contributed by atoms with van der Waals surface area (Å²) in [5.74, 6) is -1.85. The molecule has 1 aliphatic carbocycles. The number of benzene rings is 1. The summed E-state index contributed by atoms with van der Waals surface area (Å²) in [5, 5.41) is 11.9. The number of halogens is 3. The number of hydrogen-bond donors (Lipinski definition) is 2. The number of amides is 1. The summed E-state index contributed by atoms with van der Waals surface area (Å²) in [6.45, 7) is 3.68. The fourth-order valence-electron chi connectivity index (χ4n) is 3.42. The molecule has 0 spiro atoms. The minimum Gasteiger partial charge on any atom is -0.481 e. The van der Waals surface area contributed by atoms with E-state index in [4.69, 9.17) is 5.11 Å². The number of carbonyl (C=O) groups is 2. The first kappa shape index (κ1) is 20.3. The Labute approximate surface area is 150 Å². The van der Waals surface area contributed by atoms with Gasteiger partial charge in [-0.1, -0.05) is 26.0 Å². The number of carbonyl (C=O) groups excluding carboxylic acids is 1. The first-order valence-corrected chi connectivity index (χ1v) is 8.80. The van der Waals surface area contributed by atoms with Crippen molar-refractivity contribution in [1.82, 2.24) is 5.32 Å². The number of nitrogens with one attached hydrogen (secondary N) is 1. The third kappa shape index (κ3) is 4.99. The molecule has 0 radical (unpaired) electrons. The first-order chi connectivity index (χ1) is 12.1. The molecule has 0 aromatic heterocycles. The summed E-state index contributed by atoms with van der Waals surface area (Å²) in [7, 11) is 0. The van der Waals surface area contributed by atoms with E-state index in [1.54, 1.807) is 6.07 Å². The molecule has 1 atom stereocenters. The van der Waals surface area contributed by atoms with Crippen LogP contribution in [0, 0.1) is 17.8 Å². The number of carboxylic acids is 1. The summed E-state index contributed by atoms with van der Waals surface area (Å²) in [6.07, 6.45) is -2.57. The van der Waals surface area contributed by atoms with E-state index in [1.807, 2.05) is 13.8 Å². The van der Waals surface area contributed by atoms with Crippen molar-refractivity contribution in [3.63, 3.8) is 0 Å². The molecule has 0 aliphatic heterocycles. The second-order valence-electron chi connectivity index (χ2n) is 7.24. The fraction of sp³-hybridized carbons (Fsp3) is 0.579. The molecule has 1 aliphatic rings. The molecule has 2 rings (SSSR count). The third-order valence-corrected chi connectivity index (χ3v) is 4.98. The molecular formula is C19H24F3NO3. The van der Waals surface area contributed by atoms with Crippen molar-refractivity contribution in [3.8, 4) is 0 Å². The molecule has 1 aromatic rings. The van der Waals surface area contributed by atoms with E-state index in [1.165, 1.54) is 6.07 Å². The molecule has 1 saturated carbocycles. The monoisotopic (exact) mass is 371 g/mol. The van der Waals surface area contributed by atoms with Gasteiger partial charge in [-0.25, -0.2) is 0 Å². The van der Waals surface area contributed by atoms with Crippen LogP contribution in [0.5, 0.6) is 0 Å². The summed E-state index contributed by atoms with van der Waals surface area (Å²) in [4.78, 5) is 23.6. The van der Waals surface area contributed by atoms with Gasteiger partial charge in [-0.05, 0) is 49.3 Å². The maximum atomic E-state index is 13.0. The predicted octanol–water partition coefficient (Wildman–Crippen LogP) is 4.41. The lowest BCUT2D eigenvalue weighted by Crippen LogP contribution is -2.38. The van der Waals surface area contributed by atoms with Gasteiger partial charge in [0.25, 0.3) is 0 Å². The second kappa shape index (κ2) is 8.10. The van der Waals surface area contributed by atoms with Gasteiger partial charge in [0, 0.05) is 5.92 Å². The molecule has 2 N–H and O–H groups in total. The van der Waals surface area contributed by atoms with E-state index in [9.17, 15) is 22.8 Å². The lowest BCUT2D eigenvalue weighted by Gasteiger charge is -2.29. The Bertz CT molecular complexity index is 650. The lowest BCUT2D eigenvalue weighted by molar-refractivity contribution is -0.144. The number of alkyl halides is 3. The molecule has 0 saturated heterocycles. The molecule has 0 bridgehead atoms. The molecule has 1 unspecified atom stereocenters. The van der Waals surface area contributed by atoms with Crippen LogP contribution in [0.25, 0.3) is 0 Å². The highest BCUT2D eigenvalue weighted by Gasteiger charge is 2.33. The van der Waals surface area contributed by atoms with Gasteiger partial charge < -0.3 is 10.4 Å². The normalized spacial score (nSPS) is 22.1. The standard InChI is InChI=1S/C19H24F3NO3/c1-11(2)16(14-4-3-5-15(10-14)19(20,21)22)23-17(24)12-6-8-13(9-7-12)18(25)26/h3-5,10-13,16H,6-9H2,1-2H3,(H,23,24)(H,25,26). The van der Waals surface area contributed by atoms with Gasteiger partial charge in [-0.15, -0.1) is 0 Å². The summed E-state index contributed by atoms with van der Waals surface area (Å²) >= 11 is 0. The Hall–Kier alpha value is -2.05. The van der Waals surface area contributed by atoms with Crippen molar-refractivity contribution < 1.29 is 27.9 Å². The largest absolute Gasteiger partial charge is 0.481 e. The average molecular weight is 371 g/mol. The minimum atomic E-state index is -4.43. The highest BCUT2D eigenvalue weighted by atomic mass is 19.4. The second-order valence-corrected chi connectivity index (χ2v) is 7.24. The number of carboxylic acid groups (broad SMARTS) is 1. The molecule has 0 heterocycles. The van der Waals surface area contributed by atoms with Gasteiger partial charge in [0.15, 0.2) is 0 Å². The first-order valence-electron chi connectivity index (χ1n) is 8.80. The van der Waals surface area contributed by atoms with E-state index in [2.05, 4.69) is 5.32 Å². The fourth-order valence-corrected chi connectivity index (χ4v) is 3.42. The Morgan fingerprint density at radius 2 is 1.69 bits per heavy atom. The molecular weight excluding hydrogens is 347 g/mol. The van der Waals surface area contributed by atoms with Crippen molar-refractivity contribution >= 4 is 11.9 Å². The molecule has 144 valence electrons. The topological polar surface area (TPSA) is 66.4 Å². The molecule has 1 amide bonds. The molecule has 26 heavy (non-hydrogen) atoms. The Morgan fingerprint density at radius 3 is 2.19 bits per heavy atom. The summed E-state index contributed by atoms with van der Waals surface area (Å²) < 4.78 is 38.9. The van der Waals surface area contributed by atoms with E-state index in [-0.39, 0.29) is 17.7 Å². The van der Waals surface area contributed by atoms with E-state index in [0.717, 1.165) is 12.1 Å². The zero-order chi connectivity index (χ0) is 19.5. The van der Waals surface area contributed by atoms with Crippen LogP contribution < -0.4 is 5.32 Å². The van der Waals surface area contributed by atoms with Gasteiger partial charge >= 0.3 is 12.1 Å². The van der Waals surface area contributed by atoms with E-state index in [0.29, 0.717) is 31.2 Å². The van der Waals surface area contributed by atoms with Crippen LogP contribution in [0.4, 0.5) is 13.2 Å². The van der Waals surface area contributed by atoms with Crippen LogP contribution in [0.3, 0.4) is 0 Å². The average Bonchev–Trinajstić information content (AvgIpc) is 2.58. The van der Waals surface area contributed by atoms with E-state index < -0.39 is 29.7 Å². The van der Waals surface area contributed by atoms with Gasteiger partial charge in [0.1, 0.15) is 0 Å². The Balaban J connectivity index is 2.09. The van der Waals surface area contributed by atoms with Crippen LogP contribution in [0.2, 0.25) is 0 Å². The van der Waals surface area contributed by atoms with Crippen molar-refractivity contribution in [2.45, 2.75) is 51.7 Å². The Kier molecular flexibility index (Phi) is 6.31. The van der Waals surface area contributed by atoms with Crippen molar-refractivity contribution in [3.05, 3.63) is 35.4 Å². The van der Waals surface area contributed by atoms with Crippen LogP contribution in [0.15, 0.2) is 24.3 Å². The third-order valence-electron chi connectivity index (χ3n) is 4.98. The molecule has 1 fully saturated rings. The highest BCUT2D eigenvalue weighted by molar-refractivity contribution is 5.79. The van der Waals surface area contributed by atoms with Crippen molar-refractivity contribution in [1.29, 1.82) is 0 Å². The quantitative estimate of drug-likeness (QED) is 0.806. The van der Waals surface area contributed by atoms with Gasteiger partial charge in [0.2, 0.25) is 5.91 Å². The highest BCUT2D eigenvalue weighted by Crippen LogP contribution is 2.33. The maximum absolute atomic E-state index is 13.0. The predicted molar refractivity (Wildman–Crippen MR) is 90.2 cm³/mol. The summed E-state index contributed by atoms with van der Waals surface area (Å²) in [5.41, 5.74) is -0.320. The zero-order valence-corrected chi connectivity index (χ0v) is 14.8. The van der Waals surface area contributed by atoms with Gasteiger partial charge in [-0.3, -0.25) is 9.59 Å². The Morgan fingerprint density at radius 1 is 1.12 bits per heavy atom. The number of rotatable bonds is 5. The van der Waals surface area contributed by atoms with Crippen LogP contribution in [-0.4, -0.2) is 17.0 Å². The maximum Gasteiger partial charge on any atom is 0.416 e. The number of hydrogen-bond acceptors (Lipinski definition) is 2. The minimum absolute atomic E-state index is 0.0854. The van der Waals surface area contributed by atoms with Crippen LogP contribution in [-0.2, 0) is 15.8 Å². The van der Waals surface area contributed by atoms with Crippen molar-refractivity contribution in [2.24, 2.45) is 17.8 Å². The SMILES string of the molecule is CC(C)C(NC(=O)C1CCC(C(=O)O)CC1)c1cccc(C(F)(F)F)c1. The van der Waals surface area contributed by atoms with E-state index >= 15 is 0 Å². The number of aliphatic carboxylic acids is 1. The molecule has 1 aromatic carbocycles. The van der Waals surface area contributed by atoms with Gasteiger partial charge in [-0.2, -0.15) is 13.2 Å². The zero-order valence-electron chi connectivity index (χ0n) is 14.8. The molecule has 4 nitrogen and oxygen atoms in total. The molecule has 7 heteroatoms. The van der Waals surface area contributed by atoms with Crippen molar-refractivity contribution in [2.75, 3.05) is 0 Å². The van der Waals surface area contributed by atoms with Gasteiger partial charge in [0.05, 0.1) is 17.5 Å². The van der Waals surface area contributed by atoms with Crippen LogP contribution >= 0.6 is 0 Å².